The molecule has 0 heterocycles. The monoisotopic (exact) mass is 436 g/mol. The average molecular weight is 437 g/mol. The van der Waals surface area contributed by atoms with Gasteiger partial charge >= 0.3 is 0 Å². The zero-order valence-corrected chi connectivity index (χ0v) is 14.4. The number of nitrogens with one attached hydrogen (secondary N) is 1. The van der Waals surface area contributed by atoms with Crippen LogP contribution in [0.3, 0.4) is 0 Å². The van der Waals surface area contributed by atoms with Crippen LogP contribution in [0.4, 0.5) is 11.4 Å². The van der Waals surface area contributed by atoms with Crippen molar-refractivity contribution >= 4 is 63.1 Å². The zero-order valence-electron chi connectivity index (χ0n) is 10.7. The van der Waals surface area contributed by atoms with Crippen LogP contribution in [0, 0.1) is 3.57 Å². The van der Waals surface area contributed by atoms with Crippen LogP contribution in [0.15, 0.2) is 36.4 Å². The second kappa shape index (κ2) is 7.20. The lowest BCUT2D eigenvalue weighted by atomic mass is 10.3. The number of rotatable bonds is 4. The van der Waals surface area contributed by atoms with Crippen LogP contribution in [-0.4, -0.2) is 12.5 Å². The molecule has 110 valence electrons. The Balaban J connectivity index is 1.94. The Kier molecular flexibility index (Phi) is 5.55. The van der Waals surface area contributed by atoms with E-state index in [4.69, 9.17) is 33.7 Å². The van der Waals surface area contributed by atoms with Gasteiger partial charge in [-0.05, 0) is 59.0 Å². The number of anilines is 2. The van der Waals surface area contributed by atoms with Crippen LogP contribution >= 0.6 is 45.8 Å². The van der Waals surface area contributed by atoms with Crippen molar-refractivity contribution in [3.63, 3.8) is 0 Å². The van der Waals surface area contributed by atoms with E-state index in [1.807, 2.05) is 12.1 Å². The summed E-state index contributed by atoms with van der Waals surface area (Å²) in [7, 11) is 0. The van der Waals surface area contributed by atoms with Crippen LogP contribution in [0.2, 0.25) is 10.0 Å². The van der Waals surface area contributed by atoms with E-state index in [0.717, 1.165) is 3.57 Å². The Labute approximate surface area is 145 Å². The third-order valence-corrected chi connectivity index (χ3v) is 3.89. The largest absolute Gasteiger partial charge is 0.484 e. The second-order valence-corrected chi connectivity index (χ2v) is 6.20. The molecule has 0 saturated heterocycles. The molecule has 0 atom stereocenters. The number of carbonyl (C=O) groups is 1. The van der Waals surface area contributed by atoms with E-state index in [9.17, 15) is 4.79 Å². The van der Waals surface area contributed by atoms with E-state index in [0.29, 0.717) is 11.4 Å². The average Bonchev–Trinajstić information content (AvgIpc) is 2.44. The molecular formula is C14H11Cl2IN2O2. The summed E-state index contributed by atoms with van der Waals surface area (Å²) in [6, 6.07) is 10.5. The first-order valence-electron chi connectivity index (χ1n) is 5.88. The van der Waals surface area contributed by atoms with Crippen LogP contribution < -0.4 is 15.8 Å². The molecule has 0 aliphatic carbocycles. The van der Waals surface area contributed by atoms with E-state index in [1.54, 1.807) is 12.1 Å². The molecule has 2 rings (SSSR count). The summed E-state index contributed by atoms with van der Waals surface area (Å²) in [4.78, 5) is 11.8. The molecule has 2 aromatic carbocycles. The van der Waals surface area contributed by atoms with E-state index in [-0.39, 0.29) is 28.2 Å². The van der Waals surface area contributed by atoms with E-state index >= 15 is 0 Å². The highest BCUT2D eigenvalue weighted by Gasteiger charge is 2.08. The molecule has 0 aromatic heterocycles. The fourth-order valence-electron chi connectivity index (χ4n) is 1.53. The summed E-state index contributed by atoms with van der Waals surface area (Å²) >= 11 is 14.0. The van der Waals surface area contributed by atoms with E-state index in [1.165, 1.54) is 12.1 Å². The van der Waals surface area contributed by atoms with Crippen molar-refractivity contribution in [2.24, 2.45) is 0 Å². The van der Waals surface area contributed by atoms with Crippen LogP contribution in [0.5, 0.6) is 5.75 Å². The highest BCUT2D eigenvalue weighted by molar-refractivity contribution is 14.1. The molecule has 1 amide bonds. The maximum Gasteiger partial charge on any atom is 0.262 e. The van der Waals surface area contributed by atoms with Gasteiger partial charge in [0.1, 0.15) is 5.75 Å². The van der Waals surface area contributed by atoms with Crippen molar-refractivity contribution in [1.29, 1.82) is 0 Å². The minimum atomic E-state index is -0.314. The van der Waals surface area contributed by atoms with Crippen molar-refractivity contribution < 1.29 is 9.53 Å². The number of hydrogen-bond donors (Lipinski definition) is 2. The number of benzene rings is 2. The van der Waals surface area contributed by atoms with Crippen LogP contribution in [0.25, 0.3) is 0 Å². The van der Waals surface area contributed by atoms with E-state index < -0.39 is 0 Å². The SMILES string of the molecule is Nc1c(Cl)cc(NC(=O)COc2ccc(I)cc2)cc1Cl. The first-order valence-corrected chi connectivity index (χ1v) is 7.72. The molecule has 0 aliphatic heterocycles. The zero-order chi connectivity index (χ0) is 15.4. The molecular weight excluding hydrogens is 426 g/mol. The third kappa shape index (κ3) is 4.66. The Hall–Kier alpha value is -1.18. The molecule has 21 heavy (non-hydrogen) atoms. The molecule has 7 heteroatoms. The van der Waals surface area contributed by atoms with Gasteiger partial charge in [-0.15, -0.1) is 0 Å². The fourth-order valence-corrected chi connectivity index (χ4v) is 2.38. The number of halogens is 3. The highest BCUT2D eigenvalue weighted by Crippen LogP contribution is 2.31. The summed E-state index contributed by atoms with van der Waals surface area (Å²) in [5.74, 6) is 0.310. The van der Waals surface area contributed by atoms with E-state index in [2.05, 4.69) is 27.9 Å². The Morgan fingerprint density at radius 2 is 1.76 bits per heavy atom. The summed E-state index contributed by atoms with van der Waals surface area (Å²) < 4.78 is 6.47. The predicted octanol–water partition coefficient (Wildman–Crippen LogP) is 4.20. The number of nitrogen functional groups attached to an aromatic ring is 1. The van der Waals surface area contributed by atoms with Crippen LogP contribution in [-0.2, 0) is 4.79 Å². The molecule has 0 spiro atoms. The first kappa shape index (κ1) is 16.2. The van der Waals surface area contributed by atoms with Crippen molar-refractivity contribution in [2.75, 3.05) is 17.7 Å². The number of hydrogen-bond acceptors (Lipinski definition) is 3. The lowest BCUT2D eigenvalue weighted by Crippen LogP contribution is -2.20. The second-order valence-electron chi connectivity index (χ2n) is 4.14. The number of nitrogens with two attached hydrogens (primary N) is 1. The Bertz CT molecular complexity index is 640. The van der Waals surface area contributed by atoms with Crippen molar-refractivity contribution in [3.05, 3.63) is 50.0 Å². The summed E-state index contributed by atoms with van der Waals surface area (Å²) in [6.45, 7) is -0.111. The van der Waals surface area contributed by atoms with Gasteiger partial charge in [0.05, 0.1) is 15.7 Å². The molecule has 0 bridgehead atoms. The van der Waals surface area contributed by atoms with Gasteiger partial charge in [0.15, 0.2) is 6.61 Å². The molecule has 0 saturated carbocycles. The summed E-state index contributed by atoms with van der Waals surface area (Å²) in [5, 5.41) is 3.22. The minimum Gasteiger partial charge on any atom is -0.484 e. The third-order valence-electron chi connectivity index (χ3n) is 2.55. The summed E-state index contributed by atoms with van der Waals surface area (Å²) in [5.41, 5.74) is 6.38. The topological polar surface area (TPSA) is 64.3 Å². The van der Waals surface area contributed by atoms with Gasteiger partial charge in [-0.2, -0.15) is 0 Å². The van der Waals surface area contributed by atoms with Gasteiger partial charge in [-0.3, -0.25) is 4.79 Å². The lowest BCUT2D eigenvalue weighted by molar-refractivity contribution is -0.118. The maximum atomic E-state index is 11.8. The van der Waals surface area contributed by atoms with Crippen molar-refractivity contribution in [3.8, 4) is 5.75 Å². The predicted molar refractivity (Wildman–Crippen MR) is 94.2 cm³/mol. The number of carbonyl (C=O) groups excluding carboxylic acids is 1. The molecule has 4 nitrogen and oxygen atoms in total. The number of ether oxygens (including phenoxy) is 1. The van der Waals surface area contributed by atoms with Gasteiger partial charge in [-0.1, -0.05) is 23.2 Å². The maximum absolute atomic E-state index is 11.8. The molecule has 0 aliphatic rings. The molecule has 0 radical (unpaired) electrons. The summed E-state index contributed by atoms with van der Waals surface area (Å²) in [6.07, 6.45) is 0. The lowest BCUT2D eigenvalue weighted by Gasteiger charge is -2.09. The molecule has 0 fully saturated rings. The smallest absolute Gasteiger partial charge is 0.262 e. The molecule has 3 N–H and O–H groups in total. The quantitative estimate of drug-likeness (QED) is 0.557. The highest BCUT2D eigenvalue weighted by atomic mass is 127. The van der Waals surface area contributed by atoms with Crippen LogP contribution in [0.1, 0.15) is 0 Å². The minimum absolute atomic E-state index is 0.111. The van der Waals surface area contributed by atoms with Gasteiger partial charge < -0.3 is 15.8 Å². The molecule has 2 aromatic rings. The van der Waals surface area contributed by atoms with Gasteiger partial charge in [0.25, 0.3) is 5.91 Å². The standard InChI is InChI=1S/C14H11Cl2IN2O2/c15-11-5-9(6-12(16)14(11)18)19-13(20)7-21-10-3-1-8(17)2-4-10/h1-6H,7,18H2,(H,19,20). The first-order chi connectivity index (χ1) is 9.95. The molecule has 0 unspecified atom stereocenters. The van der Waals surface area contributed by atoms with Crippen molar-refractivity contribution in [1.82, 2.24) is 0 Å². The van der Waals surface area contributed by atoms with Gasteiger partial charge in [-0.25, -0.2) is 0 Å². The van der Waals surface area contributed by atoms with Gasteiger partial charge in [0, 0.05) is 9.26 Å². The fraction of sp³-hybridized carbons (Fsp3) is 0.0714. The van der Waals surface area contributed by atoms with Gasteiger partial charge in [0.2, 0.25) is 0 Å². The normalized spacial score (nSPS) is 10.2. The van der Waals surface area contributed by atoms with Crippen molar-refractivity contribution in [2.45, 2.75) is 0 Å². The Morgan fingerprint density at radius 3 is 2.33 bits per heavy atom. The Morgan fingerprint density at radius 1 is 1.19 bits per heavy atom. The number of amides is 1.